The predicted octanol–water partition coefficient (Wildman–Crippen LogP) is 3.35. The van der Waals surface area contributed by atoms with Crippen molar-refractivity contribution in [2.24, 2.45) is 0 Å². The maximum atomic E-state index is 13.2. The highest BCUT2D eigenvalue weighted by atomic mass is 16.7. The van der Waals surface area contributed by atoms with Gasteiger partial charge in [0.05, 0.1) is 5.41 Å². The standard InChI is InChI=1S/C23H28N2O3/c1-17-4-7-19(8-5-17)23(2,3)22(26)25-12-10-24(11-13-25)15-18-6-9-20-21(14-18)28-16-27-20/h4-9,14H,10-13,15-16H2,1-3H3. The van der Waals surface area contributed by atoms with Gasteiger partial charge in [-0.2, -0.15) is 0 Å². The van der Waals surface area contributed by atoms with E-state index in [0.29, 0.717) is 6.79 Å². The Labute approximate surface area is 166 Å². The number of rotatable bonds is 4. The molecule has 2 aromatic rings. The molecular formula is C23H28N2O3. The molecule has 4 rings (SSSR count). The second-order valence-electron chi connectivity index (χ2n) is 8.25. The zero-order valence-electron chi connectivity index (χ0n) is 16.9. The van der Waals surface area contributed by atoms with E-state index < -0.39 is 5.41 Å². The van der Waals surface area contributed by atoms with Gasteiger partial charge in [-0.25, -0.2) is 0 Å². The van der Waals surface area contributed by atoms with Crippen molar-refractivity contribution in [3.8, 4) is 11.5 Å². The van der Waals surface area contributed by atoms with Gasteiger partial charge in [0.2, 0.25) is 12.7 Å². The van der Waals surface area contributed by atoms with Gasteiger partial charge in [0.25, 0.3) is 0 Å². The summed E-state index contributed by atoms with van der Waals surface area (Å²) in [6.07, 6.45) is 0. The molecule has 5 heteroatoms. The zero-order valence-corrected chi connectivity index (χ0v) is 16.9. The molecule has 2 aromatic carbocycles. The van der Waals surface area contributed by atoms with Gasteiger partial charge in [-0.3, -0.25) is 9.69 Å². The summed E-state index contributed by atoms with van der Waals surface area (Å²) < 4.78 is 10.8. The van der Waals surface area contributed by atoms with Gasteiger partial charge in [0.15, 0.2) is 11.5 Å². The number of ether oxygens (including phenoxy) is 2. The number of hydrogen-bond acceptors (Lipinski definition) is 4. The third kappa shape index (κ3) is 3.72. The van der Waals surface area contributed by atoms with Crippen molar-refractivity contribution in [1.29, 1.82) is 0 Å². The van der Waals surface area contributed by atoms with Crippen molar-refractivity contribution in [3.05, 3.63) is 59.2 Å². The Morgan fingerprint density at radius 1 is 0.964 bits per heavy atom. The van der Waals surface area contributed by atoms with Gasteiger partial charge in [-0.1, -0.05) is 35.9 Å². The second-order valence-corrected chi connectivity index (χ2v) is 8.25. The molecule has 1 saturated heterocycles. The van der Waals surface area contributed by atoms with Crippen LogP contribution in [0, 0.1) is 6.92 Å². The molecule has 0 radical (unpaired) electrons. The van der Waals surface area contributed by atoms with Crippen LogP contribution < -0.4 is 9.47 Å². The maximum Gasteiger partial charge on any atom is 0.232 e. The Morgan fingerprint density at radius 2 is 1.64 bits per heavy atom. The van der Waals surface area contributed by atoms with Gasteiger partial charge >= 0.3 is 0 Å². The van der Waals surface area contributed by atoms with Crippen molar-refractivity contribution in [3.63, 3.8) is 0 Å². The Balaban J connectivity index is 1.35. The van der Waals surface area contributed by atoms with Crippen molar-refractivity contribution < 1.29 is 14.3 Å². The third-order valence-electron chi connectivity index (χ3n) is 5.81. The van der Waals surface area contributed by atoms with Gasteiger partial charge in [-0.05, 0) is 44.0 Å². The summed E-state index contributed by atoms with van der Waals surface area (Å²) >= 11 is 0. The predicted molar refractivity (Wildman–Crippen MR) is 109 cm³/mol. The highest BCUT2D eigenvalue weighted by Crippen LogP contribution is 2.33. The Bertz CT molecular complexity index is 853. The SMILES string of the molecule is Cc1ccc(C(C)(C)C(=O)N2CCN(Cc3ccc4c(c3)OCO4)CC2)cc1. The lowest BCUT2D eigenvalue weighted by atomic mass is 9.82. The molecule has 2 aliphatic rings. The summed E-state index contributed by atoms with van der Waals surface area (Å²) in [6.45, 7) is 10.6. The third-order valence-corrected chi connectivity index (χ3v) is 5.81. The molecule has 5 nitrogen and oxygen atoms in total. The molecule has 1 amide bonds. The van der Waals surface area contributed by atoms with E-state index in [1.54, 1.807) is 0 Å². The lowest BCUT2D eigenvalue weighted by molar-refractivity contribution is -0.138. The minimum Gasteiger partial charge on any atom is -0.454 e. The molecule has 0 atom stereocenters. The fourth-order valence-electron chi connectivity index (χ4n) is 3.90. The second kappa shape index (κ2) is 7.47. The number of carbonyl (C=O) groups excluding carboxylic acids is 1. The first-order valence-corrected chi connectivity index (χ1v) is 9.91. The summed E-state index contributed by atoms with van der Waals surface area (Å²) in [4.78, 5) is 17.6. The van der Waals surface area contributed by atoms with Crippen LogP contribution in [0.5, 0.6) is 11.5 Å². The lowest BCUT2D eigenvalue weighted by Crippen LogP contribution is -2.52. The van der Waals surface area contributed by atoms with E-state index in [1.807, 2.05) is 24.8 Å². The minimum absolute atomic E-state index is 0.207. The number of amides is 1. The molecule has 28 heavy (non-hydrogen) atoms. The molecule has 0 aliphatic carbocycles. The van der Waals surface area contributed by atoms with Crippen LogP contribution in [0.3, 0.4) is 0 Å². The van der Waals surface area contributed by atoms with Gasteiger partial charge in [0, 0.05) is 32.7 Å². The molecule has 0 saturated carbocycles. The first-order valence-electron chi connectivity index (χ1n) is 9.91. The smallest absolute Gasteiger partial charge is 0.232 e. The summed E-state index contributed by atoms with van der Waals surface area (Å²) in [5.41, 5.74) is 2.99. The van der Waals surface area contributed by atoms with Crippen LogP contribution in [0.2, 0.25) is 0 Å². The van der Waals surface area contributed by atoms with Crippen LogP contribution in [0.25, 0.3) is 0 Å². The summed E-state index contributed by atoms with van der Waals surface area (Å²) in [7, 11) is 0. The number of benzene rings is 2. The number of piperazine rings is 1. The highest BCUT2D eigenvalue weighted by Gasteiger charge is 2.35. The van der Waals surface area contributed by atoms with Gasteiger partial charge < -0.3 is 14.4 Å². The van der Waals surface area contributed by atoms with E-state index in [9.17, 15) is 4.79 Å². The Morgan fingerprint density at radius 3 is 2.36 bits per heavy atom. The van der Waals surface area contributed by atoms with Crippen molar-refractivity contribution in [2.75, 3.05) is 33.0 Å². The van der Waals surface area contributed by atoms with E-state index in [1.165, 1.54) is 11.1 Å². The summed E-state index contributed by atoms with van der Waals surface area (Å²) in [5.74, 6) is 1.85. The van der Waals surface area contributed by atoms with Crippen LogP contribution in [-0.4, -0.2) is 48.7 Å². The number of aryl methyl sites for hydroxylation is 1. The van der Waals surface area contributed by atoms with E-state index in [-0.39, 0.29) is 5.91 Å². The van der Waals surface area contributed by atoms with Gasteiger partial charge in [0.1, 0.15) is 0 Å². The summed E-state index contributed by atoms with van der Waals surface area (Å²) in [6, 6.07) is 14.4. The molecular weight excluding hydrogens is 352 g/mol. The number of carbonyl (C=O) groups is 1. The largest absolute Gasteiger partial charge is 0.454 e. The fourth-order valence-corrected chi connectivity index (χ4v) is 3.90. The highest BCUT2D eigenvalue weighted by molar-refractivity contribution is 5.87. The zero-order chi connectivity index (χ0) is 19.7. The Kier molecular flexibility index (Phi) is 5.02. The lowest BCUT2D eigenvalue weighted by Gasteiger charge is -2.39. The average Bonchev–Trinajstić information content (AvgIpc) is 3.16. The number of hydrogen-bond donors (Lipinski definition) is 0. The summed E-state index contributed by atoms with van der Waals surface area (Å²) in [5, 5.41) is 0. The van der Waals surface area contributed by atoms with Crippen LogP contribution in [-0.2, 0) is 16.8 Å². The molecule has 0 bridgehead atoms. The van der Waals surface area contributed by atoms with Crippen molar-refractivity contribution in [1.82, 2.24) is 9.80 Å². The minimum atomic E-state index is -0.507. The van der Waals surface area contributed by atoms with Crippen LogP contribution >= 0.6 is 0 Å². The van der Waals surface area contributed by atoms with Crippen molar-refractivity contribution >= 4 is 5.91 Å². The monoisotopic (exact) mass is 380 g/mol. The molecule has 2 heterocycles. The van der Waals surface area contributed by atoms with Crippen LogP contribution in [0.4, 0.5) is 0 Å². The fraction of sp³-hybridized carbons (Fsp3) is 0.435. The molecule has 0 spiro atoms. The topological polar surface area (TPSA) is 42.0 Å². The number of fused-ring (bicyclic) bond motifs is 1. The molecule has 1 fully saturated rings. The molecule has 0 N–H and O–H groups in total. The molecule has 2 aliphatic heterocycles. The van der Waals surface area contributed by atoms with E-state index in [4.69, 9.17) is 9.47 Å². The average molecular weight is 380 g/mol. The molecule has 148 valence electrons. The first kappa shape index (κ1) is 18.8. The van der Waals surface area contributed by atoms with E-state index in [2.05, 4.69) is 48.2 Å². The normalized spacial score (nSPS) is 17.0. The van der Waals surface area contributed by atoms with Crippen LogP contribution in [0.15, 0.2) is 42.5 Å². The molecule has 0 aromatic heterocycles. The van der Waals surface area contributed by atoms with Crippen LogP contribution in [0.1, 0.15) is 30.5 Å². The first-order chi connectivity index (χ1) is 13.4. The number of nitrogens with zero attached hydrogens (tertiary/aromatic N) is 2. The van der Waals surface area contributed by atoms with Gasteiger partial charge in [-0.15, -0.1) is 0 Å². The van der Waals surface area contributed by atoms with E-state index in [0.717, 1.165) is 49.8 Å². The maximum absolute atomic E-state index is 13.2. The Hall–Kier alpha value is -2.53. The quantitative estimate of drug-likeness (QED) is 0.816. The van der Waals surface area contributed by atoms with Crippen molar-refractivity contribution in [2.45, 2.75) is 32.7 Å². The van der Waals surface area contributed by atoms with E-state index >= 15 is 0 Å². The molecule has 0 unspecified atom stereocenters.